The SMILES string of the molecule is COC1(COc2ccc(Cl)c(Cl)c2)CCN(Cc2ccc(OCCn3cc(Cl)cn3)cc2)CC1. The van der Waals surface area contributed by atoms with E-state index in [-0.39, 0.29) is 5.60 Å². The van der Waals surface area contributed by atoms with E-state index in [2.05, 4.69) is 22.1 Å². The number of benzene rings is 2. The number of rotatable bonds is 10. The summed E-state index contributed by atoms with van der Waals surface area (Å²) in [6.07, 6.45) is 5.19. The molecular weight excluding hydrogens is 497 g/mol. The zero-order valence-electron chi connectivity index (χ0n) is 19.1. The van der Waals surface area contributed by atoms with Crippen LogP contribution >= 0.6 is 34.8 Å². The fourth-order valence-corrected chi connectivity index (χ4v) is 4.42. The molecule has 0 atom stereocenters. The summed E-state index contributed by atoms with van der Waals surface area (Å²) in [4.78, 5) is 2.44. The van der Waals surface area contributed by atoms with Crippen molar-refractivity contribution in [3.05, 3.63) is 75.5 Å². The molecule has 0 unspecified atom stereocenters. The van der Waals surface area contributed by atoms with Gasteiger partial charge in [0.1, 0.15) is 30.3 Å². The maximum absolute atomic E-state index is 6.10. The highest BCUT2D eigenvalue weighted by atomic mass is 35.5. The van der Waals surface area contributed by atoms with Crippen LogP contribution in [0.5, 0.6) is 11.5 Å². The lowest BCUT2D eigenvalue weighted by molar-refractivity contribution is -0.0839. The van der Waals surface area contributed by atoms with Crippen LogP contribution in [0.2, 0.25) is 15.1 Å². The van der Waals surface area contributed by atoms with Gasteiger partial charge >= 0.3 is 0 Å². The monoisotopic (exact) mass is 523 g/mol. The molecule has 0 radical (unpaired) electrons. The molecule has 1 fully saturated rings. The molecule has 0 spiro atoms. The smallest absolute Gasteiger partial charge is 0.121 e. The molecule has 6 nitrogen and oxygen atoms in total. The number of likely N-dealkylation sites (tertiary alicyclic amines) is 1. The van der Waals surface area contributed by atoms with Crippen LogP contribution in [0.3, 0.4) is 0 Å². The third kappa shape index (κ3) is 6.80. The molecule has 0 amide bonds. The summed E-state index contributed by atoms with van der Waals surface area (Å²) in [6, 6.07) is 13.6. The van der Waals surface area contributed by atoms with Crippen LogP contribution < -0.4 is 9.47 Å². The minimum atomic E-state index is -0.306. The standard InChI is InChI=1S/C25H28Cl3N3O3/c1-32-25(18-34-22-6-7-23(27)24(28)14-22)8-10-30(11-9-25)16-19-2-4-21(5-3-19)33-13-12-31-17-20(26)15-29-31/h2-7,14-15,17H,8-13,16,18H2,1H3. The summed E-state index contributed by atoms with van der Waals surface area (Å²) in [5.41, 5.74) is 0.947. The zero-order valence-corrected chi connectivity index (χ0v) is 21.3. The molecule has 1 aromatic heterocycles. The zero-order chi connectivity index (χ0) is 24.0. The van der Waals surface area contributed by atoms with Crippen molar-refractivity contribution in [3.8, 4) is 11.5 Å². The van der Waals surface area contributed by atoms with Crippen LogP contribution in [0.15, 0.2) is 54.9 Å². The molecule has 34 heavy (non-hydrogen) atoms. The Kier molecular flexibility index (Phi) is 8.61. The van der Waals surface area contributed by atoms with Gasteiger partial charge in [-0.25, -0.2) is 0 Å². The van der Waals surface area contributed by atoms with Crippen LogP contribution in [0.25, 0.3) is 0 Å². The number of piperidine rings is 1. The van der Waals surface area contributed by atoms with Gasteiger partial charge < -0.3 is 14.2 Å². The number of hydrogen-bond acceptors (Lipinski definition) is 5. The van der Waals surface area contributed by atoms with Crippen molar-refractivity contribution < 1.29 is 14.2 Å². The normalized spacial score (nSPS) is 15.9. The van der Waals surface area contributed by atoms with E-state index >= 15 is 0 Å². The predicted molar refractivity (Wildman–Crippen MR) is 135 cm³/mol. The Balaban J connectivity index is 1.22. The number of methoxy groups -OCH3 is 1. The molecule has 9 heteroatoms. The van der Waals surface area contributed by atoms with Crippen molar-refractivity contribution in [2.45, 2.75) is 31.5 Å². The van der Waals surface area contributed by atoms with E-state index in [9.17, 15) is 0 Å². The average Bonchev–Trinajstić information content (AvgIpc) is 3.27. The lowest BCUT2D eigenvalue weighted by Gasteiger charge is -2.40. The van der Waals surface area contributed by atoms with E-state index in [1.807, 2.05) is 18.2 Å². The molecule has 0 aliphatic carbocycles. The van der Waals surface area contributed by atoms with Gasteiger partial charge in [-0.15, -0.1) is 0 Å². The van der Waals surface area contributed by atoms with E-state index in [0.29, 0.717) is 40.6 Å². The molecule has 3 aromatic rings. The minimum absolute atomic E-state index is 0.306. The van der Waals surface area contributed by atoms with Gasteiger partial charge in [-0.1, -0.05) is 46.9 Å². The van der Waals surface area contributed by atoms with Crippen molar-refractivity contribution in [2.24, 2.45) is 0 Å². The maximum atomic E-state index is 6.10. The van der Waals surface area contributed by atoms with Crippen molar-refractivity contribution in [1.82, 2.24) is 14.7 Å². The summed E-state index contributed by atoms with van der Waals surface area (Å²) < 4.78 is 19.5. The number of halogens is 3. The maximum Gasteiger partial charge on any atom is 0.121 e. The minimum Gasteiger partial charge on any atom is -0.492 e. The molecule has 1 aliphatic heterocycles. The van der Waals surface area contributed by atoms with Crippen molar-refractivity contribution in [2.75, 3.05) is 33.4 Å². The summed E-state index contributed by atoms with van der Waals surface area (Å²) >= 11 is 18.0. The molecule has 0 bridgehead atoms. The Hall–Kier alpha value is -1.96. The molecule has 0 saturated carbocycles. The molecular formula is C25H28Cl3N3O3. The second-order valence-electron chi connectivity index (χ2n) is 8.44. The van der Waals surface area contributed by atoms with Gasteiger partial charge in [0, 0.05) is 39.0 Å². The third-order valence-corrected chi connectivity index (χ3v) is 7.05. The van der Waals surface area contributed by atoms with Gasteiger partial charge in [0.2, 0.25) is 0 Å². The Morgan fingerprint density at radius 2 is 1.68 bits per heavy atom. The highest BCUT2D eigenvalue weighted by molar-refractivity contribution is 6.42. The van der Waals surface area contributed by atoms with Gasteiger partial charge in [-0.05, 0) is 42.7 Å². The van der Waals surface area contributed by atoms with E-state index in [1.165, 1.54) is 5.56 Å². The largest absolute Gasteiger partial charge is 0.492 e. The number of aromatic nitrogens is 2. The molecule has 2 heterocycles. The second kappa shape index (κ2) is 11.6. The highest BCUT2D eigenvalue weighted by Gasteiger charge is 2.35. The third-order valence-electron chi connectivity index (χ3n) is 6.11. The highest BCUT2D eigenvalue weighted by Crippen LogP contribution is 2.30. The summed E-state index contributed by atoms with van der Waals surface area (Å²) in [5, 5.41) is 5.78. The van der Waals surface area contributed by atoms with Gasteiger partial charge in [-0.2, -0.15) is 5.10 Å². The number of ether oxygens (including phenoxy) is 3. The van der Waals surface area contributed by atoms with Crippen molar-refractivity contribution >= 4 is 34.8 Å². The van der Waals surface area contributed by atoms with Crippen LogP contribution in [-0.2, 0) is 17.8 Å². The molecule has 0 N–H and O–H groups in total. The Labute approximate surface area is 215 Å². The molecule has 182 valence electrons. The first-order valence-corrected chi connectivity index (χ1v) is 12.3. The first-order chi connectivity index (χ1) is 16.4. The predicted octanol–water partition coefficient (Wildman–Crippen LogP) is 5.98. The van der Waals surface area contributed by atoms with Gasteiger partial charge in [0.25, 0.3) is 0 Å². The van der Waals surface area contributed by atoms with E-state index in [4.69, 9.17) is 49.0 Å². The van der Waals surface area contributed by atoms with Crippen LogP contribution in [0, 0.1) is 0 Å². The molecule has 1 aliphatic rings. The Bertz CT molecular complexity index is 1070. The molecule has 1 saturated heterocycles. The van der Waals surface area contributed by atoms with Crippen molar-refractivity contribution in [1.29, 1.82) is 0 Å². The van der Waals surface area contributed by atoms with Gasteiger partial charge in [0.15, 0.2) is 0 Å². The van der Waals surface area contributed by atoms with Crippen LogP contribution in [0.1, 0.15) is 18.4 Å². The second-order valence-corrected chi connectivity index (χ2v) is 9.69. The molecule has 4 rings (SSSR count). The first kappa shape index (κ1) is 25.1. The van der Waals surface area contributed by atoms with E-state index in [1.54, 1.807) is 36.3 Å². The lowest BCUT2D eigenvalue weighted by atomic mass is 9.91. The van der Waals surface area contributed by atoms with Crippen LogP contribution in [0.4, 0.5) is 0 Å². The fraction of sp³-hybridized carbons (Fsp3) is 0.400. The lowest BCUT2D eigenvalue weighted by Crippen LogP contribution is -2.48. The summed E-state index contributed by atoms with van der Waals surface area (Å²) in [7, 11) is 1.76. The molecule has 2 aromatic carbocycles. The Morgan fingerprint density at radius 1 is 0.941 bits per heavy atom. The summed E-state index contributed by atoms with van der Waals surface area (Å²) in [5.74, 6) is 1.54. The van der Waals surface area contributed by atoms with Crippen LogP contribution in [-0.4, -0.2) is 53.7 Å². The van der Waals surface area contributed by atoms with E-state index in [0.717, 1.165) is 38.2 Å². The van der Waals surface area contributed by atoms with Crippen molar-refractivity contribution in [3.63, 3.8) is 0 Å². The number of nitrogens with zero attached hydrogens (tertiary/aromatic N) is 3. The first-order valence-electron chi connectivity index (χ1n) is 11.2. The Morgan fingerprint density at radius 3 is 2.32 bits per heavy atom. The number of hydrogen-bond donors (Lipinski definition) is 0. The topological polar surface area (TPSA) is 48.8 Å². The van der Waals surface area contributed by atoms with Gasteiger partial charge in [-0.3, -0.25) is 9.58 Å². The van der Waals surface area contributed by atoms with E-state index < -0.39 is 0 Å². The van der Waals surface area contributed by atoms with Gasteiger partial charge in [0.05, 0.1) is 27.8 Å². The quantitative estimate of drug-likeness (QED) is 0.326. The average molecular weight is 525 g/mol. The summed E-state index contributed by atoms with van der Waals surface area (Å²) in [6.45, 7) is 4.42. The fourth-order valence-electron chi connectivity index (χ4n) is 3.97.